The van der Waals surface area contributed by atoms with Crippen molar-refractivity contribution in [1.82, 2.24) is 4.98 Å². The van der Waals surface area contributed by atoms with Crippen LogP contribution in [0.4, 0.5) is 10.1 Å². The summed E-state index contributed by atoms with van der Waals surface area (Å²) in [5.41, 5.74) is 1.98. The van der Waals surface area contributed by atoms with Gasteiger partial charge in [0, 0.05) is 40.7 Å². The summed E-state index contributed by atoms with van der Waals surface area (Å²) in [6.45, 7) is 4.04. The van der Waals surface area contributed by atoms with E-state index in [-0.39, 0.29) is 23.5 Å². The number of amides is 1. The van der Waals surface area contributed by atoms with Crippen LogP contribution in [0.2, 0.25) is 0 Å². The minimum Gasteiger partial charge on any atom is -0.294 e. The van der Waals surface area contributed by atoms with Gasteiger partial charge in [0.05, 0.1) is 11.9 Å². The molecule has 2 heterocycles. The van der Waals surface area contributed by atoms with Crippen molar-refractivity contribution in [3.63, 3.8) is 0 Å². The fourth-order valence-electron chi connectivity index (χ4n) is 4.25. The molecule has 1 unspecified atom stereocenters. The van der Waals surface area contributed by atoms with Crippen molar-refractivity contribution in [2.45, 2.75) is 39.0 Å². The van der Waals surface area contributed by atoms with Gasteiger partial charge in [-0.3, -0.25) is 19.5 Å². The fraction of sp³-hybridized carbons (Fsp3) is 0.318. The van der Waals surface area contributed by atoms with Gasteiger partial charge in [-0.15, -0.1) is 0 Å². The first kappa shape index (κ1) is 19.0. The lowest BCUT2D eigenvalue weighted by atomic mass is 9.69. The Bertz CT molecular complexity index is 1000. The summed E-state index contributed by atoms with van der Waals surface area (Å²) in [4.78, 5) is 32.1. The molecule has 2 aliphatic rings. The van der Waals surface area contributed by atoms with E-state index < -0.39 is 11.7 Å². The lowest BCUT2D eigenvalue weighted by molar-refractivity contribution is -0.121. The molecule has 144 valence electrons. The van der Waals surface area contributed by atoms with E-state index in [9.17, 15) is 14.0 Å². The summed E-state index contributed by atoms with van der Waals surface area (Å²) in [7, 11) is 0. The van der Waals surface area contributed by atoms with Crippen LogP contribution in [0.5, 0.6) is 0 Å². The van der Waals surface area contributed by atoms with E-state index in [1.807, 2.05) is 19.9 Å². The Morgan fingerprint density at radius 2 is 2.00 bits per heavy atom. The number of ketones is 1. The van der Waals surface area contributed by atoms with Gasteiger partial charge in [0.1, 0.15) is 5.82 Å². The standard InChI is InChI=1S/C22H20BrFN2O2/c1-22(2)10-18-21(19(27)11-22)16(15-8-13(23)5-6-17(15)24)9-20(28)26(18)14-4-3-7-25-12-14/h3-8,12,16H,9-11H2,1-2H3. The molecule has 0 saturated carbocycles. The molecule has 0 saturated heterocycles. The van der Waals surface area contributed by atoms with Crippen molar-refractivity contribution in [3.05, 3.63) is 69.8 Å². The minimum atomic E-state index is -0.573. The molecule has 0 N–H and O–H groups in total. The monoisotopic (exact) mass is 442 g/mol. The van der Waals surface area contributed by atoms with Gasteiger partial charge >= 0.3 is 0 Å². The molecular weight excluding hydrogens is 423 g/mol. The molecule has 1 amide bonds. The molecule has 0 spiro atoms. The summed E-state index contributed by atoms with van der Waals surface area (Å²) in [5, 5.41) is 0. The SMILES string of the molecule is CC1(C)CC(=O)C2=C(C1)N(c1cccnc1)C(=O)CC2c1cc(Br)ccc1F. The third kappa shape index (κ3) is 3.30. The zero-order valence-electron chi connectivity index (χ0n) is 15.7. The molecule has 1 atom stereocenters. The zero-order valence-corrected chi connectivity index (χ0v) is 17.3. The Kier molecular flexibility index (Phi) is 4.70. The zero-order chi connectivity index (χ0) is 20.1. The van der Waals surface area contributed by atoms with Gasteiger partial charge < -0.3 is 0 Å². The summed E-state index contributed by atoms with van der Waals surface area (Å²) in [6, 6.07) is 8.23. The van der Waals surface area contributed by atoms with Crippen molar-refractivity contribution < 1.29 is 14.0 Å². The highest BCUT2D eigenvalue weighted by molar-refractivity contribution is 9.10. The van der Waals surface area contributed by atoms with Gasteiger partial charge in [-0.1, -0.05) is 29.8 Å². The predicted octanol–water partition coefficient (Wildman–Crippen LogP) is 5.15. The Morgan fingerprint density at radius 3 is 2.71 bits per heavy atom. The molecule has 28 heavy (non-hydrogen) atoms. The van der Waals surface area contributed by atoms with Crippen LogP contribution < -0.4 is 4.90 Å². The molecule has 1 aromatic heterocycles. The summed E-state index contributed by atoms with van der Waals surface area (Å²) < 4.78 is 15.4. The summed E-state index contributed by atoms with van der Waals surface area (Å²) in [5.74, 6) is -1.14. The fourth-order valence-corrected chi connectivity index (χ4v) is 4.63. The molecule has 4 rings (SSSR count). The molecule has 1 aromatic carbocycles. The largest absolute Gasteiger partial charge is 0.294 e. The van der Waals surface area contributed by atoms with Gasteiger partial charge in [-0.05, 0) is 47.7 Å². The van der Waals surface area contributed by atoms with Crippen molar-refractivity contribution in [1.29, 1.82) is 0 Å². The maximum Gasteiger partial charge on any atom is 0.232 e. The first-order valence-electron chi connectivity index (χ1n) is 9.21. The van der Waals surface area contributed by atoms with E-state index in [2.05, 4.69) is 20.9 Å². The number of allylic oxidation sites excluding steroid dienone is 2. The van der Waals surface area contributed by atoms with Crippen LogP contribution in [-0.4, -0.2) is 16.7 Å². The second kappa shape index (κ2) is 6.92. The van der Waals surface area contributed by atoms with E-state index in [4.69, 9.17) is 0 Å². The van der Waals surface area contributed by atoms with Crippen LogP contribution in [0, 0.1) is 11.2 Å². The van der Waals surface area contributed by atoms with Gasteiger partial charge in [-0.2, -0.15) is 0 Å². The molecule has 1 aliphatic heterocycles. The van der Waals surface area contributed by atoms with E-state index in [1.165, 1.54) is 6.07 Å². The van der Waals surface area contributed by atoms with Crippen molar-refractivity contribution in [2.75, 3.05) is 4.90 Å². The van der Waals surface area contributed by atoms with E-state index >= 15 is 0 Å². The summed E-state index contributed by atoms with van der Waals surface area (Å²) in [6.07, 6.45) is 4.26. The maximum atomic E-state index is 14.6. The number of carbonyl (C=O) groups is 2. The molecule has 0 radical (unpaired) electrons. The van der Waals surface area contributed by atoms with Gasteiger partial charge in [-0.25, -0.2) is 4.39 Å². The van der Waals surface area contributed by atoms with Gasteiger partial charge in [0.15, 0.2) is 5.78 Å². The van der Waals surface area contributed by atoms with Crippen molar-refractivity contribution >= 4 is 33.3 Å². The number of rotatable bonds is 2. The van der Waals surface area contributed by atoms with Gasteiger partial charge in [0.25, 0.3) is 0 Å². The molecule has 1 aliphatic carbocycles. The average Bonchev–Trinajstić information content (AvgIpc) is 2.62. The second-order valence-corrected chi connectivity index (χ2v) is 9.08. The lowest BCUT2D eigenvalue weighted by Gasteiger charge is -2.42. The van der Waals surface area contributed by atoms with E-state index in [0.29, 0.717) is 35.4 Å². The molecule has 0 bridgehead atoms. The third-order valence-corrected chi connectivity index (χ3v) is 5.87. The van der Waals surface area contributed by atoms with Crippen molar-refractivity contribution in [2.24, 2.45) is 5.41 Å². The number of anilines is 1. The Hall–Kier alpha value is -2.34. The van der Waals surface area contributed by atoms with Crippen LogP contribution in [0.3, 0.4) is 0 Å². The second-order valence-electron chi connectivity index (χ2n) is 8.16. The van der Waals surface area contributed by atoms with Crippen LogP contribution in [-0.2, 0) is 9.59 Å². The number of hydrogen-bond donors (Lipinski definition) is 0. The van der Waals surface area contributed by atoms with Crippen LogP contribution in [0.15, 0.2) is 58.5 Å². The van der Waals surface area contributed by atoms with Crippen molar-refractivity contribution in [3.8, 4) is 0 Å². The third-order valence-electron chi connectivity index (χ3n) is 5.38. The summed E-state index contributed by atoms with van der Waals surface area (Å²) >= 11 is 3.38. The van der Waals surface area contributed by atoms with E-state index in [1.54, 1.807) is 35.5 Å². The van der Waals surface area contributed by atoms with Crippen LogP contribution in [0.1, 0.15) is 44.6 Å². The minimum absolute atomic E-state index is 0.0167. The molecule has 0 fully saturated rings. The number of aromatic nitrogens is 1. The number of carbonyl (C=O) groups excluding carboxylic acids is 2. The topological polar surface area (TPSA) is 50.3 Å². The van der Waals surface area contributed by atoms with Crippen LogP contribution in [0.25, 0.3) is 0 Å². The molecule has 6 heteroatoms. The number of halogens is 2. The molecule has 4 nitrogen and oxygen atoms in total. The Balaban J connectivity index is 1.93. The predicted molar refractivity (Wildman–Crippen MR) is 108 cm³/mol. The quantitative estimate of drug-likeness (QED) is 0.646. The Labute approximate surface area is 171 Å². The average molecular weight is 443 g/mol. The maximum absolute atomic E-state index is 14.6. The number of Topliss-reactive ketones (excluding diaryl/α,β-unsaturated/α-hetero) is 1. The highest BCUT2D eigenvalue weighted by Gasteiger charge is 2.45. The van der Waals surface area contributed by atoms with Crippen LogP contribution >= 0.6 is 15.9 Å². The molecular formula is C22H20BrFN2O2. The Morgan fingerprint density at radius 1 is 1.21 bits per heavy atom. The number of benzene rings is 1. The number of pyridine rings is 1. The highest BCUT2D eigenvalue weighted by atomic mass is 79.9. The number of nitrogens with zero attached hydrogens (tertiary/aromatic N) is 2. The van der Waals surface area contributed by atoms with Gasteiger partial charge in [0.2, 0.25) is 5.91 Å². The molecule has 2 aromatic rings. The van der Waals surface area contributed by atoms with E-state index in [0.717, 1.165) is 4.47 Å². The highest BCUT2D eigenvalue weighted by Crippen LogP contribution is 2.48. The first-order chi connectivity index (χ1) is 13.3. The normalized spacial score (nSPS) is 21.7. The first-order valence-corrected chi connectivity index (χ1v) is 10.0. The lowest BCUT2D eigenvalue weighted by Crippen LogP contribution is -2.43. The smallest absolute Gasteiger partial charge is 0.232 e. The number of hydrogen-bond acceptors (Lipinski definition) is 3.